The number of carbonyl (C=O) groups is 2. The molecule has 1 aliphatic heterocycles. The van der Waals surface area contributed by atoms with Crippen molar-refractivity contribution in [3.63, 3.8) is 0 Å². The van der Waals surface area contributed by atoms with Crippen LogP contribution in [0.1, 0.15) is 32.6 Å². The second kappa shape index (κ2) is 6.54. The Morgan fingerprint density at radius 3 is 2.60 bits per heavy atom. The number of nitrogens with zero attached hydrogens (tertiary/aromatic N) is 1. The van der Waals surface area contributed by atoms with Crippen molar-refractivity contribution in [2.45, 2.75) is 44.8 Å². The highest BCUT2D eigenvalue weighted by Gasteiger charge is 2.36. The van der Waals surface area contributed by atoms with Crippen LogP contribution in [0.15, 0.2) is 0 Å². The maximum atomic E-state index is 12.5. The van der Waals surface area contributed by atoms with Gasteiger partial charge in [0.15, 0.2) is 0 Å². The number of hydrogen-bond acceptors (Lipinski definition) is 4. The quantitative estimate of drug-likeness (QED) is 0.788. The fourth-order valence-electron chi connectivity index (χ4n) is 3.22. The number of aliphatic carboxylic acids is 1. The third kappa shape index (κ3) is 3.49. The molecule has 1 amide bonds. The van der Waals surface area contributed by atoms with Crippen LogP contribution in [0.5, 0.6) is 0 Å². The number of aliphatic hydroxyl groups is 1. The molecular formula is C14H23NO5. The number of carbonyl (C=O) groups excluding carboxylic acids is 1. The fourth-order valence-corrected chi connectivity index (χ4v) is 3.22. The van der Waals surface area contributed by atoms with Gasteiger partial charge in [-0.25, -0.2) is 0 Å². The van der Waals surface area contributed by atoms with Crippen LogP contribution in [0.2, 0.25) is 0 Å². The van der Waals surface area contributed by atoms with Crippen LogP contribution in [0.25, 0.3) is 0 Å². The molecule has 4 unspecified atom stereocenters. The van der Waals surface area contributed by atoms with E-state index in [2.05, 4.69) is 0 Å². The number of carboxylic acids is 1. The van der Waals surface area contributed by atoms with Crippen LogP contribution in [-0.4, -0.2) is 58.9 Å². The van der Waals surface area contributed by atoms with E-state index in [9.17, 15) is 14.7 Å². The van der Waals surface area contributed by atoms with Crippen LogP contribution < -0.4 is 0 Å². The SMILES string of the molecule is CC1CN(C(=O)C2CCCC(C(=O)O)C2)CC(CO)O1. The Morgan fingerprint density at radius 2 is 1.95 bits per heavy atom. The Hall–Kier alpha value is -1.14. The second-order valence-corrected chi connectivity index (χ2v) is 5.89. The molecule has 2 aliphatic rings. The molecule has 1 saturated carbocycles. The molecule has 6 heteroatoms. The molecule has 1 aliphatic carbocycles. The Kier molecular flexibility index (Phi) is 4.99. The minimum atomic E-state index is -0.800. The zero-order valence-electron chi connectivity index (χ0n) is 11.8. The monoisotopic (exact) mass is 285 g/mol. The predicted octanol–water partition coefficient (Wildman–Crippen LogP) is 0.486. The molecule has 2 N–H and O–H groups in total. The first-order valence-corrected chi connectivity index (χ1v) is 7.29. The number of ether oxygens (including phenoxy) is 1. The number of rotatable bonds is 3. The van der Waals surface area contributed by atoms with Gasteiger partial charge < -0.3 is 19.8 Å². The summed E-state index contributed by atoms with van der Waals surface area (Å²) in [5.74, 6) is -1.38. The summed E-state index contributed by atoms with van der Waals surface area (Å²) in [5, 5.41) is 18.3. The first-order valence-electron chi connectivity index (χ1n) is 7.29. The second-order valence-electron chi connectivity index (χ2n) is 5.89. The topological polar surface area (TPSA) is 87.1 Å². The Morgan fingerprint density at radius 1 is 1.25 bits per heavy atom. The van der Waals surface area contributed by atoms with E-state index in [1.807, 2.05) is 6.92 Å². The van der Waals surface area contributed by atoms with Gasteiger partial charge in [-0.15, -0.1) is 0 Å². The minimum Gasteiger partial charge on any atom is -0.481 e. The minimum absolute atomic E-state index is 0.0181. The molecule has 1 heterocycles. The van der Waals surface area contributed by atoms with E-state index in [0.717, 1.165) is 12.8 Å². The van der Waals surface area contributed by atoms with Crippen molar-refractivity contribution in [3.8, 4) is 0 Å². The van der Waals surface area contributed by atoms with Gasteiger partial charge in [0.1, 0.15) is 0 Å². The summed E-state index contributed by atoms with van der Waals surface area (Å²) in [7, 11) is 0. The van der Waals surface area contributed by atoms with Gasteiger partial charge in [0.05, 0.1) is 24.7 Å². The molecule has 20 heavy (non-hydrogen) atoms. The molecule has 4 atom stereocenters. The lowest BCUT2D eigenvalue weighted by molar-refractivity contribution is -0.154. The summed E-state index contributed by atoms with van der Waals surface area (Å²) in [6.45, 7) is 2.69. The van der Waals surface area contributed by atoms with Gasteiger partial charge in [-0.05, 0) is 26.2 Å². The van der Waals surface area contributed by atoms with Gasteiger partial charge >= 0.3 is 5.97 Å². The summed E-state index contributed by atoms with van der Waals surface area (Å²) in [4.78, 5) is 25.3. The van der Waals surface area contributed by atoms with E-state index in [-0.39, 0.29) is 30.6 Å². The molecule has 1 saturated heterocycles. The summed E-state index contributed by atoms with van der Waals surface area (Å²) in [6.07, 6.45) is 2.22. The van der Waals surface area contributed by atoms with Crippen molar-refractivity contribution in [2.75, 3.05) is 19.7 Å². The summed E-state index contributed by atoms with van der Waals surface area (Å²) < 4.78 is 5.52. The average Bonchev–Trinajstić information content (AvgIpc) is 2.45. The van der Waals surface area contributed by atoms with Gasteiger partial charge in [-0.1, -0.05) is 6.42 Å². The van der Waals surface area contributed by atoms with E-state index in [1.54, 1.807) is 4.90 Å². The van der Waals surface area contributed by atoms with Crippen molar-refractivity contribution < 1.29 is 24.5 Å². The van der Waals surface area contributed by atoms with Gasteiger partial charge in [-0.2, -0.15) is 0 Å². The molecule has 0 bridgehead atoms. The lowest BCUT2D eigenvalue weighted by atomic mass is 9.80. The standard InChI is InChI=1S/C14H23NO5/c1-9-6-15(7-12(8-16)20-9)13(17)10-3-2-4-11(5-10)14(18)19/h9-12,16H,2-8H2,1H3,(H,18,19). The van der Waals surface area contributed by atoms with Crippen molar-refractivity contribution in [1.29, 1.82) is 0 Å². The predicted molar refractivity (Wildman–Crippen MR) is 71.1 cm³/mol. The number of hydrogen-bond donors (Lipinski definition) is 2. The highest BCUT2D eigenvalue weighted by Crippen LogP contribution is 2.31. The van der Waals surface area contributed by atoms with Crippen LogP contribution >= 0.6 is 0 Å². The fraction of sp³-hybridized carbons (Fsp3) is 0.857. The van der Waals surface area contributed by atoms with E-state index in [4.69, 9.17) is 9.84 Å². The largest absolute Gasteiger partial charge is 0.481 e. The molecule has 0 aromatic carbocycles. The van der Waals surface area contributed by atoms with Gasteiger partial charge in [-0.3, -0.25) is 9.59 Å². The van der Waals surface area contributed by atoms with Crippen LogP contribution in [0, 0.1) is 11.8 Å². The average molecular weight is 285 g/mol. The van der Waals surface area contributed by atoms with Gasteiger partial charge in [0.2, 0.25) is 5.91 Å². The summed E-state index contributed by atoms with van der Waals surface area (Å²) in [5.41, 5.74) is 0. The third-order valence-electron chi connectivity index (χ3n) is 4.21. The molecule has 0 radical (unpaired) electrons. The van der Waals surface area contributed by atoms with E-state index in [0.29, 0.717) is 25.9 Å². The van der Waals surface area contributed by atoms with E-state index < -0.39 is 11.9 Å². The normalized spacial score (nSPS) is 34.8. The molecule has 114 valence electrons. The zero-order chi connectivity index (χ0) is 14.7. The Bertz CT molecular complexity index is 373. The van der Waals surface area contributed by atoms with Crippen molar-refractivity contribution in [3.05, 3.63) is 0 Å². The smallest absolute Gasteiger partial charge is 0.306 e. The summed E-state index contributed by atoms with van der Waals surface area (Å²) in [6, 6.07) is 0. The van der Waals surface area contributed by atoms with E-state index >= 15 is 0 Å². The zero-order valence-corrected chi connectivity index (χ0v) is 11.8. The third-order valence-corrected chi connectivity index (χ3v) is 4.21. The van der Waals surface area contributed by atoms with Crippen LogP contribution in [-0.2, 0) is 14.3 Å². The number of amides is 1. The molecule has 2 fully saturated rings. The van der Waals surface area contributed by atoms with Gasteiger partial charge in [0.25, 0.3) is 0 Å². The van der Waals surface area contributed by atoms with Crippen LogP contribution in [0.4, 0.5) is 0 Å². The summed E-state index contributed by atoms with van der Waals surface area (Å²) >= 11 is 0. The van der Waals surface area contributed by atoms with Crippen molar-refractivity contribution >= 4 is 11.9 Å². The first kappa shape index (κ1) is 15.3. The maximum absolute atomic E-state index is 12.5. The number of morpholine rings is 1. The molecule has 2 rings (SSSR count). The lowest BCUT2D eigenvalue weighted by Crippen LogP contribution is -2.52. The maximum Gasteiger partial charge on any atom is 0.306 e. The molecule has 0 aromatic heterocycles. The molecule has 0 aromatic rings. The van der Waals surface area contributed by atoms with Crippen molar-refractivity contribution in [1.82, 2.24) is 4.90 Å². The number of aliphatic hydroxyl groups excluding tert-OH is 1. The van der Waals surface area contributed by atoms with Crippen molar-refractivity contribution in [2.24, 2.45) is 11.8 Å². The van der Waals surface area contributed by atoms with Crippen LogP contribution in [0.3, 0.4) is 0 Å². The Balaban J connectivity index is 1.97. The van der Waals surface area contributed by atoms with E-state index in [1.165, 1.54) is 0 Å². The molecule has 6 nitrogen and oxygen atoms in total. The first-order chi connectivity index (χ1) is 9.51. The highest BCUT2D eigenvalue weighted by molar-refractivity contribution is 5.80. The molecular weight excluding hydrogens is 262 g/mol. The molecule has 0 spiro atoms. The Labute approximate surface area is 118 Å². The number of carboxylic acid groups (broad SMARTS) is 1. The van der Waals surface area contributed by atoms with Gasteiger partial charge in [0, 0.05) is 19.0 Å². The highest BCUT2D eigenvalue weighted by atomic mass is 16.5. The lowest BCUT2D eigenvalue weighted by Gasteiger charge is -2.39.